The first-order valence-electron chi connectivity index (χ1n) is 12.5. The summed E-state index contributed by atoms with van der Waals surface area (Å²) in [6, 6.07) is 17.2. The molecule has 1 saturated heterocycles. The van der Waals surface area contributed by atoms with E-state index in [9.17, 15) is 10.4 Å². The summed E-state index contributed by atoms with van der Waals surface area (Å²) in [7, 11) is 0. The summed E-state index contributed by atoms with van der Waals surface area (Å²) in [5.74, 6) is 2.57. The van der Waals surface area contributed by atoms with Crippen LogP contribution in [0.4, 0.5) is 0 Å². The maximum absolute atomic E-state index is 10.1. The second-order valence-corrected chi connectivity index (χ2v) is 9.67. The van der Waals surface area contributed by atoms with Crippen molar-refractivity contribution in [1.82, 2.24) is 9.88 Å². The molecule has 5 rings (SSSR count). The Hall–Kier alpha value is -3.82. The summed E-state index contributed by atoms with van der Waals surface area (Å²) in [6.07, 6.45) is 2.46. The number of pyridine rings is 1. The molecule has 3 heterocycles. The van der Waals surface area contributed by atoms with Gasteiger partial charge in [0.05, 0.1) is 11.3 Å². The third-order valence-electron chi connectivity index (χ3n) is 7.21. The molecule has 2 aliphatic rings. The molecule has 0 saturated carbocycles. The lowest BCUT2D eigenvalue weighted by atomic mass is 9.86. The zero-order valence-corrected chi connectivity index (χ0v) is 21.0. The number of phenolic OH excluding ortho intramolecular Hbond substituents is 1. The van der Waals surface area contributed by atoms with Gasteiger partial charge in [-0.25, -0.2) is 0 Å². The van der Waals surface area contributed by atoms with Gasteiger partial charge in [-0.05, 0) is 72.9 Å². The molecule has 0 spiro atoms. The summed E-state index contributed by atoms with van der Waals surface area (Å²) in [4.78, 5) is 7.07. The van der Waals surface area contributed by atoms with Gasteiger partial charge in [0, 0.05) is 37.0 Å². The molecule has 3 aromatic rings. The van der Waals surface area contributed by atoms with E-state index < -0.39 is 0 Å². The van der Waals surface area contributed by atoms with E-state index in [-0.39, 0.29) is 11.9 Å². The van der Waals surface area contributed by atoms with Gasteiger partial charge in [0.25, 0.3) is 0 Å². The largest absolute Gasteiger partial charge is 0.508 e. The highest BCUT2D eigenvalue weighted by atomic mass is 16.5. The molecular formula is C30H31N3O3. The fraction of sp³-hybridized carbons (Fsp3) is 0.333. The highest BCUT2D eigenvalue weighted by Gasteiger charge is 2.31. The van der Waals surface area contributed by atoms with Crippen molar-refractivity contribution < 1.29 is 14.6 Å². The normalized spacial score (nSPS) is 17.7. The predicted octanol–water partition coefficient (Wildman–Crippen LogP) is 5.75. The molecule has 1 atom stereocenters. The van der Waals surface area contributed by atoms with Crippen LogP contribution in [0.1, 0.15) is 54.3 Å². The molecule has 6 heteroatoms. The Kier molecular flexibility index (Phi) is 6.67. The number of aromatic hydroxyl groups is 1. The summed E-state index contributed by atoms with van der Waals surface area (Å²) in [5, 5.41) is 19.4. The average molecular weight is 482 g/mol. The van der Waals surface area contributed by atoms with E-state index in [0.29, 0.717) is 17.9 Å². The van der Waals surface area contributed by atoms with Crippen LogP contribution >= 0.6 is 0 Å². The Balaban J connectivity index is 1.42. The molecular weight excluding hydrogens is 450 g/mol. The first-order chi connectivity index (χ1) is 17.5. The van der Waals surface area contributed by atoms with Gasteiger partial charge in [-0.3, -0.25) is 9.88 Å². The van der Waals surface area contributed by atoms with Crippen LogP contribution in [0.3, 0.4) is 0 Å². The number of likely N-dealkylation sites (tertiary alicyclic amines) is 1. The zero-order valence-electron chi connectivity index (χ0n) is 21.0. The minimum absolute atomic E-state index is 0.184. The van der Waals surface area contributed by atoms with Crippen LogP contribution < -0.4 is 9.47 Å². The molecule has 0 amide bonds. The Morgan fingerprint density at radius 2 is 1.92 bits per heavy atom. The number of phenols is 1. The SMILES string of the molecule is CCC1CN(CCOc2ccc(C3Oc4ccc(O)cc4C(C)=C3c3ncc(C#N)cc3C)cc2)C1. The standard InChI is InChI=1S/C30H31N3O3/c1-4-21-17-33(18-21)11-12-35-25-8-5-23(6-9-25)30-28(29-19(2)13-22(15-31)16-32-29)20(3)26-14-24(34)7-10-27(26)36-30/h5-10,13-14,16,21,30,34H,4,11-12,17-18H2,1-3H3. The predicted molar refractivity (Wildman–Crippen MR) is 140 cm³/mol. The molecule has 1 fully saturated rings. The monoisotopic (exact) mass is 481 g/mol. The topological polar surface area (TPSA) is 78.6 Å². The fourth-order valence-corrected chi connectivity index (χ4v) is 5.04. The van der Waals surface area contributed by atoms with Gasteiger partial charge in [0.2, 0.25) is 0 Å². The van der Waals surface area contributed by atoms with E-state index in [1.807, 2.05) is 44.2 Å². The summed E-state index contributed by atoms with van der Waals surface area (Å²) in [5.41, 5.74) is 5.93. The number of aryl methyl sites for hydroxylation is 1. The fourth-order valence-electron chi connectivity index (χ4n) is 5.04. The van der Waals surface area contributed by atoms with E-state index in [2.05, 4.69) is 22.9 Å². The molecule has 36 heavy (non-hydrogen) atoms. The highest BCUT2D eigenvalue weighted by Crippen LogP contribution is 2.47. The molecule has 6 nitrogen and oxygen atoms in total. The van der Waals surface area contributed by atoms with Crippen molar-refractivity contribution in [1.29, 1.82) is 5.26 Å². The number of ether oxygens (including phenoxy) is 2. The van der Waals surface area contributed by atoms with Crippen LogP contribution in [0.25, 0.3) is 11.1 Å². The molecule has 1 aromatic heterocycles. The molecule has 2 aromatic carbocycles. The first kappa shape index (κ1) is 23.9. The van der Waals surface area contributed by atoms with Crippen LogP contribution in [0.2, 0.25) is 0 Å². The number of rotatable bonds is 7. The second-order valence-electron chi connectivity index (χ2n) is 9.67. The number of benzene rings is 2. The van der Waals surface area contributed by atoms with Crippen LogP contribution in [0.5, 0.6) is 17.2 Å². The average Bonchev–Trinajstić information content (AvgIpc) is 2.86. The molecule has 0 bridgehead atoms. The maximum Gasteiger partial charge on any atom is 0.151 e. The quantitative estimate of drug-likeness (QED) is 0.463. The molecule has 0 radical (unpaired) electrons. The van der Waals surface area contributed by atoms with Crippen LogP contribution in [-0.2, 0) is 0 Å². The Morgan fingerprint density at radius 3 is 2.61 bits per heavy atom. The molecule has 2 aliphatic heterocycles. The van der Waals surface area contributed by atoms with Crippen molar-refractivity contribution in [3.63, 3.8) is 0 Å². The lowest BCUT2D eigenvalue weighted by Gasteiger charge is -2.38. The Bertz CT molecular complexity index is 1330. The zero-order chi connectivity index (χ0) is 25.2. The maximum atomic E-state index is 10.1. The van der Waals surface area contributed by atoms with Crippen molar-refractivity contribution in [2.45, 2.75) is 33.3 Å². The van der Waals surface area contributed by atoms with Crippen LogP contribution in [0, 0.1) is 24.2 Å². The van der Waals surface area contributed by atoms with Gasteiger partial charge < -0.3 is 14.6 Å². The number of fused-ring (bicyclic) bond motifs is 1. The lowest BCUT2D eigenvalue weighted by molar-refractivity contribution is 0.0806. The van der Waals surface area contributed by atoms with E-state index in [0.717, 1.165) is 51.7 Å². The third-order valence-corrected chi connectivity index (χ3v) is 7.21. The van der Waals surface area contributed by atoms with Crippen molar-refractivity contribution in [2.75, 3.05) is 26.2 Å². The van der Waals surface area contributed by atoms with Gasteiger partial charge in [0.15, 0.2) is 6.10 Å². The molecule has 1 unspecified atom stereocenters. The van der Waals surface area contributed by atoms with Crippen molar-refractivity contribution in [3.8, 4) is 23.3 Å². The smallest absolute Gasteiger partial charge is 0.151 e. The van der Waals surface area contributed by atoms with E-state index >= 15 is 0 Å². The van der Waals surface area contributed by atoms with E-state index in [4.69, 9.17) is 9.47 Å². The molecule has 184 valence electrons. The Morgan fingerprint density at radius 1 is 1.14 bits per heavy atom. The van der Waals surface area contributed by atoms with Gasteiger partial charge >= 0.3 is 0 Å². The van der Waals surface area contributed by atoms with E-state index in [1.54, 1.807) is 24.4 Å². The third kappa shape index (κ3) is 4.67. The highest BCUT2D eigenvalue weighted by molar-refractivity contribution is 5.95. The van der Waals surface area contributed by atoms with Gasteiger partial charge in [-0.2, -0.15) is 5.26 Å². The number of allylic oxidation sites excluding steroid dienone is 1. The number of hydrogen-bond donors (Lipinski definition) is 1. The minimum Gasteiger partial charge on any atom is -0.508 e. The van der Waals surface area contributed by atoms with Crippen LogP contribution in [-0.4, -0.2) is 41.2 Å². The lowest BCUT2D eigenvalue weighted by Crippen LogP contribution is -2.47. The van der Waals surface area contributed by atoms with Gasteiger partial charge in [0.1, 0.15) is 29.9 Å². The summed E-state index contributed by atoms with van der Waals surface area (Å²) >= 11 is 0. The number of nitrogens with zero attached hydrogens (tertiary/aromatic N) is 3. The van der Waals surface area contributed by atoms with Crippen molar-refractivity contribution >= 4 is 11.1 Å². The van der Waals surface area contributed by atoms with Gasteiger partial charge in [-0.1, -0.05) is 25.5 Å². The molecule has 0 aliphatic carbocycles. The summed E-state index contributed by atoms with van der Waals surface area (Å²) < 4.78 is 12.5. The van der Waals surface area contributed by atoms with Gasteiger partial charge in [-0.15, -0.1) is 0 Å². The Labute approximate surface area is 212 Å². The summed E-state index contributed by atoms with van der Waals surface area (Å²) in [6.45, 7) is 10.2. The van der Waals surface area contributed by atoms with E-state index in [1.165, 1.54) is 19.5 Å². The minimum atomic E-state index is -0.387. The van der Waals surface area contributed by atoms with Crippen molar-refractivity contribution in [3.05, 3.63) is 82.7 Å². The second kappa shape index (κ2) is 10.0. The van der Waals surface area contributed by atoms with Crippen molar-refractivity contribution in [2.24, 2.45) is 5.92 Å². The van der Waals surface area contributed by atoms with Crippen LogP contribution in [0.15, 0.2) is 54.7 Å². The number of nitriles is 1. The number of aromatic nitrogens is 1. The molecule has 1 N–H and O–H groups in total. The number of hydrogen-bond acceptors (Lipinski definition) is 6. The first-order valence-corrected chi connectivity index (χ1v) is 12.5.